The van der Waals surface area contributed by atoms with Gasteiger partial charge in [-0.25, -0.2) is 0 Å². The number of benzene rings is 1. The Balaban J connectivity index is 2.62. The molecule has 1 heterocycles. The average molecular weight is 160 g/mol. The maximum Gasteiger partial charge on any atom is 0.113 e. The monoisotopic (exact) mass is 160 g/mol. The zero-order valence-corrected chi connectivity index (χ0v) is 7.42. The molecule has 0 spiro atoms. The van der Waals surface area contributed by atoms with Crippen molar-refractivity contribution in [1.29, 1.82) is 0 Å². The highest BCUT2D eigenvalue weighted by Gasteiger charge is 2.10. The lowest BCUT2D eigenvalue weighted by Crippen LogP contribution is -2.01. The van der Waals surface area contributed by atoms with Gasteiger partial charge in [0, 0.05) is 0 Å². The van der Waals surface area contributed by atoms with E-state index in [0.717, 1.165) is 6.61 Å². The van der Waals surface area contributed by atoms with Crippen LogP contribution in [0, 0.1) is 6.92 Å². The van der Waals surface area contributed by atoms with E-state index in [0.29, 0.717) is 0 Å². The van der Waals surface area contributed by atoms with E-state index in [4.69, 9.17) is 4.74 Å². The molecule has 1 heteroatoms. The number of rotatable bonds is 0. The molecule has 62 valence electrons. The van der Waals surface area contributed by atoms with E-state index in [1.54, 1.807) is 0 Å². The van der Waals surface area contributed by atoms with Gasteiger partial charge in [-0.3, -0.25) is 0 Å². The maximum atomic E-state index is 5.33. The molecular weight excluding hydrogens is 148 g/mol. The highest BCUT2D eigenvalue weighted by molar-refractivity contribution is 5.67. The van der Waals surface area contributed by atoms with Crippen LogP contribution >= 0.6 is 0 Å². The zero-order valence-electron chi connectivity index (χ0n) is 7.42. The van der Waals surface area contributed by atoms with E-state index < -0.39 is 0 Å². The molecule has 0 radical (unpaired) electrons. The van der Waals surface area contributed by atoms with Gasteiger partial charge in [0.2, 0.25) is 0 Å². The molecule has 1 aromatic rings. The van der Waals surface area contributed by atoms with Gasteiger partial charge < -0.3 is 4.74 Å². The van der Waals surface area contributed by atoms with Gasteiger partial charge >= 0.3 is 0 Å². The molecular formula is C11H12O. The summed E-state index contributed by atoms with van der Waals surface area (Å²) in [5.41, 5.74) is 5.21. The summed E-state index contributed by atoms with van der Waals surface area (Å²) in [5, 5.41) is 0. The maximum absolute atomic E-state index is 5.33. The first-order valence-electron chi connectivity index (χ1n) is 4.16. The molecule has 0 bridgehead atoms. The molecule has 1 nitrogen and oxygen atoms in total. The van der Waals surface area contributed by atoms with Gasteiger partial charge in [-0.05, 0) is 36.1 Å². The van der Waals surface area contributed by atoms with Crippen molar-refractivity contribution in [3.8, 4) is 0 Å². The third-order valence-corrected chi connectivity index (χ3v) is 2.32. The van der Waals surface area contributed by atoms with Crippen LogP contribution in [-0.4, -0.2) is 0 Å². The molecule has 0 aromatic heterocycles. The van der Waals surface area contributed by atoms with Gasteiger partial charge in [0.15, 0.2) is 0 Å². The molecule has 0 saturated carbocycles. The quantitative estimate of drug-likeness (QED) is 0.567. The van der Waals surface area contributed by atoms with E-state index in [-0.39, 0.29) is 0 Å². The number of hydrogen-bond acceptors (Lipinski definition) is 1. The Morgan fingerprint density at radius 2 is 2.08 bits per heavy atom. The van der Waals surface area contributed by atoms with Crippen molar-refractivity contribution >= 4 is 5.57 Å². The molecule has 1 aliphatic rings. The molecule has 0 amide bonds. The van der Waals surface area contributed by atoms with Crippen LogP contribution in [-0.2, 0) is 11.3 Å². The third-order valence-electron chi connectivity index (χ3n) is 2.32. The van der Waals surface area contributed by atoms with Gasteiger partial charge in [0.1, 0.15) is 6.61 Å². The Morgan fingerprint density at radius 3 is 2.83 bits per heavy atom. The molecule has 0 unspecified atom stereocenters. The van der Waals surface area contributed by atoms with Gasteiger partial charge in [-0.2, -0.15) is 0 Å². The van der Waals surface area contributed by atoms with Gasteiger partial charge in [-0.15, -0.1) is 0 Å². The van der Waals surface area contributed by atoms with E-state index in [1.807, 2.05) is 6.26 Å². The highest BCUT2D eigenvalue weighted by atomic mass is 16.5. The summed E-state index contributed by atoms with van der Waals surface area (Å²) in [7, 11) is 0. The first-order valence-corrected chi connectivity index (χ1v) is 4.16. The van der Waals surface area contributed by atoms with E-state index in [1.165, 1.54) is 22.3 Å². The van der Waals surface area contributed by atoms with Gasteiger partial charge in [0.05, 0.1) is 6.26 Å². The molecule has 12 heavy (non-hydrogen) atoms. The second kappa shape index (κ2) is 2.67. The number of aryl methyl sites for hydroxylation is 1. The van der Waals surface area contributed by atoms with Crippen molar-refractivity contribution in [2.24, 2.45) is 0 Å². The fraction of sp³-hybridized carbons (Fsp3) is 0.273. The summed E-state index contributed by atoms with van der Waals surface area (Å²) in [4.78, 5) is 0. The first kappa shape index (κ1) is 7.41. The van der Waals surface area contributed by atoms with Crippen molar-refractivity contribution in [2.45, 2.75) is 20.5 Å². The summed E-state index contributed by atoms with van der Waals surface area (Å²) in [6.07, 6.45) is 1.84. The molecule has 0 saturated heterocycles. The minimum absolute atomic E-state index is 0.722. The number of ether oxygens (including phenoxy) is 1. The van der Waals surface area contributed by atoms with Crippen molar-refractivity contribution in [1.82, 2.24) is 0 Å². The third kappa shape index (κ3) is 1.02. The Labute approximate surface area is 72.7 Å². The largest absolute Gasteiger partial charge is 0.496 e. The van der Waals surface area contributed by atoms with Crippen LogP contribution < -0.4 is 0 Å². The van der Waals surface area contributed by atoms with Crippen LogP contribution in [0.4, 0.5) is 0 Å². The number of hydrogen-bond donors (Lipinski definition) is 0. The lowest BCUT2D eigenvalue weighted by Gasteiger charge is -2.17. The fourth-order valence-electron chi connectivity index (χ4n) is 1.58. The van der Waals surface area contributed by atoms with Gasteiger partial charge in [0.25, 0.3) is 0 Å². The van der Waals surface area contributed by atoms with E-state index in [2.05, 4.69) is 32.0 Å². The highest BCUT2D eigenvalue weighted by Crippen LogP contribution is 2.26. The van der Waals surface area contributed by atoms with Crippen LogP contribution in [0.25, 0.3) is 5.57 Å². The first-order chi connectivity index (χ1) is 5.79. The predicted molar refractivity (Wildman–Crippen MR) is 49.6 cm³/mol. The van der Waals surface area contributed by atoms with E-state index in [9.17, 15) is 0 Å². The summed E-state index contributed by atoms with van der Waals surface area (Å²) in [6.45, 7) is 4.93. The minimum atomic E-state index is 0.722. The molecule has 0 fully saturated rings. The molecule has 1 aliphatic heterocycles. The summed E-state index contributed by atoms with van der Waals surface area (Å²) in [5.74, 6) is 0. The zero-order chi connectivity index (χ0) is 8.55. The Morgan fingerprint density at radius 1 is 1.25 bits per heavy atom. The van der Waals surface area contributed by atoms with Crippen molar-refractivity contribution in [3.63, 3.8) is 0 Å². The van der Waals surface area contributed by atoms with Crippen molar-refractivity contribution in [2.75, 3.05) is 0 Å². The second-order valence-corrected chi connectivity index (χ2v) is 3.21. The van der Waals surface area contributed by atoms with Crippen molar-refractivity contribution < 1.29 is 4.74 Å². The standard InChI is InChI=1S/C11H12O/c1-8-4-3-5-10-9(2)6-12-7-11(8)10/h3-6H,7H2,1-2H3. The molecule has 1 aromatic carbocycles. The van der Waals surface area contributed by atoms with E-state index >= 15 is 0 Å². The smallest absolute Gasteiger partial charge is 0.113 e. The Kier molecular flexibility index (Phi) is 1.65. The lowest BCUT2D eigenvalue weighted by atomic mass is 9.97. The normalized spacial score (nSPS) is 14.7. The molecule has 2 rings (SSSR count). The number of allylic oxidation sites excluding steroid dienone is 1. The van der Waals surface area contributed by atoms with Crippen molar-refractivity contribution in [3.05, 3.63) is 41.2 Å². The summed E-state index contributed by atoms with van der Waals surface area (Å²) < 4.78 is 5.33. The molecule has 0 atom stereocenters. The van der Waals surface area contributed by atoms with Crippen LogP contribution in [0.1, 0.15) is 23.6 Å². The fourth-order valence-corrected chi connectivity index (χ4v) is 1.58. The Bertz CT molecular complexity index is 337. The summed E-state index contributed by atoms with van der Waals surface area (Å²) in [6, 6.07) is 6.37. The lowest BCUT2D eigenvalue weighted by molar-refractivity contribution is 0.232. The van der Waals surface area contributed by atoms with Crippen LogP contribution in [0.3, 0.4) is 0 Å². The predicted octanol–water partition coefficient (Wildman–Crippen LogP) is 2.89. The minimum Gasteiger partial charge on any atom is -0.496 e. The molecule has 0 aliphatic carbocycles. The Hall–Kier alpha value is -1.24. The van der Waals surface area contributed by atoms with Crippen LogP contribution in [0.2, 0.25) is 0 Å². The average Bonchev–Trinajstić information content (AvgIpc) is 2.07. The van der Waals surface area contributed by atoms with Gasteiger partial charge in [-0.1, -0.05) is 18.2 Å². The van der Waals surface area contributed by atoms with Crippen LogP contribution in [0.5, 0.6) is 0 Å². The SMILES string of the molecule is CC1=COCc2c(C)cccc21. The second-order valence-electron chi connectivity index (χ2n) is 3.21. The summed E-state index contributed by atoms with van der Waals surface area (Å²) >= 11 is 0. The number of fused-ring (bicyclic) bond motifs is 1. The van der Waals surface area contributed by atoms with Crippen LogP contribution in [0.15, 0.2) is 24.5 Å². The molecule has 0 N–H and O–H groups in total. The topological polar surface area (TPSA) is 9.23 Å².